The summed E-state index contributed by atoms with van der Waals surface area (Å²) in [5.41, 5.74) is 5.50. The summed E-state index contributed by atoms with van der Waals surface area (Å²) in [5.74, 6) is 2.39. The van der Waals surface area contributed by atoms with Gasteiger partial charge in [-0.15, -0.1) is 0 Å². The number of anilines is 1. The second kappa shape index (κ2) is 8.16. The van der Waals surface area contributed by atoms with Gasteiger partial charge in [-0.05, 0) is 55.0 Å². The third-order valence-corrected chi connectivity index (χ3v) is 6.47. The zero-order chi connectivity index (χ0) is 24.1. The largest absolute Gasteiger partial charge is 0.497 e. The van der Waals surface area contributed by atoms with Crippen LogP contribution in [0.4, 0.5) is 10.3 Å². The highest BCUT2D eigenvalue weighted by Gasteiger charge is 2.42. The maximum Gasteiger partial charge on any atom is 0.226 e. The average Bonchev–Trinajstić information content (AvgIpc) is 3.36. The molecule has 0 radical (unpaired) electrons. The first-order chi connectivity index (χ1) is 17.1. The molecule has 4 aromatic rings. The first-order valence-corrected chi connectivity index (χ1v) is 11.2. The van der Waals surface area contributed by atoms with Gasteiger partial charge in [0.1, 0.15) is 35.4 Å². The first-order valence-electron chi connectivity index (χ1n) is 11.2. The molecule has 0 amide bonds. The normalized spacial score (nSPS) is 18.1. The molecule has 2 aliphatic heterocycles. The van der Waals surface area contributed by atoms with Crippen molar-refractivity contribution in [1.29, 1.82) is 0 Å². The summed E-state index contributed by atoms with van der Waals surface area (Å²) in [4.78, 5) is 4.44. The number of hydrogen-bond acceptors (Lipinski definition) is 6. The van der Waals surface area contributed by atoms with E-state index in [-0.39, 0.29) is 11.9 Å². The lowest BCUT2D eigenvalue weighted by Crippen LogP contribution is -2.32. The zero-order valence-corrected chi connectivity index (χ0v) is 19.4. The van der Waals surface area contributed by atoms with Crippen molar-refractivity contribution in [2.45, 2.75) is 19.1 Å². The number of fused-ring (bicyclic) bond motifs is 3. The summed E-state index contributed by atoms with van der Waals surface area (Å²) in [6.07, 6.45) is 0.973. The lowest BCUT2D eigenvalue weighted by atomic mass is 9.84. The van der Waals surface area contributed by atoms with E-state index in [0.29, 0.717) is 17.4 Å². The Labute approximate surface area is 201 Å². The van der Waals surface area contributed by atoms with E-state index in [1.54, 1.807) is 31.0 Å². The molecular formula is C27H23FN4O3. The number of hydrogen-bond donors (Lipinski definition) is 1. The summed E-state index contributed by atoms with van der Waals surface area (Å²) in [6, 6.07) is 17.8. The van der Waals surface area contributed by atoms with E-state index >= 15 is 0 Å². The summed E-state index contributed by atoms with van der Waals surface area (Å²) in [7, 11) is 3.26. The fraction of sp³-hybridized carbons (Fsp3) is 0.185. The van der Waals surface area contributed by atoms with Crippen LogP contribution in [0.1, 0.15) is 34.4 Å². The second-order valence-corrected chi connectivity index (χ2v) is 8.54. The van der Waals surface area contributed by atoms with Crippen molar-refractivity contribution in [3.63, 3.8) is 0 Å². The van der Waals surface area contributed by atoms with Gasteiger partial charge in [0.25, 0.3) is 0 Å². The number of ether oxygens (including phenoxy) is 3. The lowest BCUT2D eigenvalue weighted by Gasteiger charge is -2.39. The molecule has 1 aromatic heterocycles. The van der Waals surface area contributed by atoms with Crippen LogP contribution >= 0.6 is 0 Å². The van der Waals surface area contributed by atoms with E-state index in [9.17, 15) is 4.39 Å². The molecular weight excluding hydrogens is 447 g/mol. The molecule has 0 saturated carbocycles. The van der Waals surface area contributed by atoms with E-state index in [1.165, 1.54) is 18.5 Å². The molecule has 176 valence electrons. The maximum atomic E-state index is 13.9. The molecule has 1 N–H and O–H groups in total. The Morgan fingerprint density at radius 1 is 1.00 bits per heavy atom. The minimum atomic E-state index is -0.537. The summed E-state index contributed by atoms with van der Waals surface area (Å²) >= 11 is 0. The summed E-state index contributed by atoms with van der Waals surface area (Å²) in [5, 5.41) is 7.99. The number of benzene rings is 3. The van der Waals surface area contributed by atoms with E-state index in [4.69, 9.17) is 14.2 Å². The van der Waals surface area contributed by atoms with Crippen LogP contribution in [0.15, 0.2) is 72.6 Å². The van der Waals surface area contributed by atoms with Gasteiger partial charge in [-0.2, -0.15) is 10.1 Å². The van der Waals surface area contributed by atoms with Gasteiger partial charge in [0, 0.05) is 16.7 Å². The van der Waals surface area contributed by atoms with Crippen molar-refractivity contribution in [2.24, 2.45) is 0 Å². The third kappa shape index (κ3) is 3.41. The van der Waals surface area contributed by atoms with Crippen LogP contribution in [0.3, 0.4) is 0 Å². The fourth-order valence-electron chi connectivity index (χ4n) is 4.85. The minimum Gasteiger partial charge on any atom is -0.497 e. The van der Waals surface area contributed by atoms with Crippen molar-refractivity contribution in [1.82, 2.24) is 14.8 Å². The number of methoxy groups -OCH3 is 2. The molecule has 8 heteroatoms. The van der Waals surface area contributed by atoms with Crippen LogP contribution in [-0.2, 0) is 0 Å². The molecule has 2 atom stereocenters. The lowest BCUT2D eigenvalue weighted by molar-refractivity contribution is 0.217. The molecule has 6 rings (SSSR count). The molecule has 0 fully saturated rings. The number of halogens is 1. The van der Waals surface area contributed by atoms with E-state index in [0.717, 1.165) is 39.3 Å². The third-order valence-electron chi connectivity index (χ3n) is 6.47. The number of aromatic nitrogens is 3. The van der Waals surface area contributed by atoms with Crippen LogP contribution in [0.5, 0.6) is 17.2 Å². The molecule has 2 aliphatic rings. The van der Waals surface area contributed by atoms with Crippen molar-refractivity contribution in [3.05, 3.63) is 101 Å². The Morgan fingerprint density at radius 2 is 1.83 bits per heavy atom. The zero-order valence-electron chi connectivity index (χ0n) is 19.4. The Kier molecular flexibility index (Phi) is 4.95. The Bertz CT molecular complexity index is 1460. The molecule has 3 aromatic carbocycles. The van der Waals surface area contributed by atoms with E-state index in [2.05, 4.69) is 21.5 Å². The Balaban J connectivity index is 1.65. The molecule has 3 heterocycles. The van der Waals surface area contributed by atoms with E-state index in [1.807, 2.05) is 37.3 Å². The van der Waals surface area contributed by atoms with Gasteiger partial charge in [-0.25, -0.2) is 9.07 Å². The van der Waals surface area contributed by atoms with Crippen LogP contribution in [0, 0.1) is 12.7 Å². The second-order valence-electron chi connectivity index (χ2n) is 8.54. The molecule has 0 bridgehead atoms. The monoisotopic (exact) mass is 470 g/mol. The highest BCUT2D eigenvalue weighted by molar-refractivity contribution is 5.85. The molecule has 7 nitrogen and oxygen atoms in total. The number of aryl methyl sites for hydroxylation is 1. The van der Waals surface area contributed by atoms with Crippen LogP contribution < -0.4 is 19.5 Å². The molecule has 0 aliphatic carbocycles. The summed E-state index contributed by atoms with van der Waals surface area (Å²) in [6.45, 7) is 2.04. The number of rotatable bonds is 4. The van der Waals surface area contributed by atoms with Crippen molar-refractivity contribution >= 4 is 11.6 Å². The molecule has 35 heavy (non-hydrogen) atoms. The quantitative estimate of drug-likeness (QED) is 0.436. The van der Waals surface area contributed by atoms with Crippen molar-refractivity contribution < 1.29 is 18.6 Å². The highest BCUT2D eigenvalue weighted by Crippen LogP contribution is 2.52. The standard InChI is InChI=1S/C27H23FN4O3/c1-15-4-10-22-19(12-15)24-23(26(35-22)20-13-18(33-2)9-11-21(20)34-3)25(16-5-7-17(28)8-6-16)32-27(31-24)29-14-30-32/h4-14,25-26H,1-3H3,(H,29,30,31)/t25-,26-/m0/s1. The SMILES string of the molecule is COc1ccc(OC)c([C@@H]2Oc3ccc(C)cc3C3=C2[C@H](c2ccc(F)cc2)n2ncnc2N3)c1. The minimum absolute atomic E-state index is 0.303. The predicted molar refractivity (Wildman–Crippen MR) is 129 cm³/mol. The highest BCUT2D eigenvalue weighted by atomic mass is 19.1. The van der Waals surface area contributed by atoms with Gasteiger partial charge in [0.15, 0.2) is 6.10 Å². The average molecular weight is 471 g/mol. The van der Waals surface area contributed by atoms with Crippen molar-refractivity contribution in [3.8, 4) is 17.2 Å². The van der Waals surface area contributed by atoms with Crippen LogP contribution in [-0.4, -0.2) is 29.0 Å². The van der Waals surface area contributed by atoms with Gasteiger partial charge in [-0.3, -0.25) is 0 Å². The van der Waals surface area contributed by atoms with Gasteiger partial charge in [-0.1, -0.05) is 23.8 Å². The number of nitrogens with zero attached hydrogens (tertiary/aromatic N) is 3. The van der Waals surface area contributed by atoms with Gasteiger partial charge in [0.2, 0.25) is 5.95 Å². The molecule has 0 spiro atoms. The van der Waals surface area contributed by atoms with Crippen LogP contribution in [0.2, 0.25) is 0 Å². The smallest absolute Gasteiger partial charge is 0.226 e. The molecule has 0 unspecified atom stereocenters. The van der Waals surface area contributed by atoms with E-state index < -0.39 is 6.10 Å². The fourth-order valence-corrected chi connectivity index (χ4v) is 4.85. The van der Waals surface area contributed by atoms with Gasteiger partial charge >= 0.3 is 0 Å². The maximum absolute atomic E-state index is 13.9. The van der Waals surface area contributed by atoms with Crippen LogP contribution in [0.25, 0.3) is 5.70 Å². The molecule has 0 saturated heterocycles. The number of nitrogens with one attached hydrogen (secondary N) is 1. The Hall–Kier alpha value is -4.33. The Morgan fingerprint density at radius 3 is 2.60 bits per heavy atom. The topological polar surface area (TPSA) is 70.4 Å². The first kappa shape index (κ1) is 21.2. The van der Waals surface area contributed by atoms with Gasteiger partial charge in [0.05, 0.1) is 19.9 Å². The summed E-state index contributed by atoms with van der Waals surface area (Å²) < 4.78 is 33.6. The van der Waals surface area contributed by atoms with Gasteiger partial charge < -0.3 is 19.5 Å². The predicted octanol–water partition coefficient (Wildman–Crippen LogP) is 5.30. The van der Waals surface area contributed by atoms with Crippen molar-refractivity contribution in [2.75, 3.05) is 19.5 Å².